The second-order valence-electron chi connectivity index (χ2n) is 6.34. The van der Waals surface area contributed by atoms with Gasteiger partial charge in [0.2, 0.25) is 0 Å². The van der Waals surface area contributed by atoms with Crippen LogP contribution in [0.15, 0.2) is 46.1 Å². The zero-order valence-corrected chi connectivity index (χ0v) is 15.2. The van der Waals surface area contributed by atoms with E-state index in [1.165, 1.54) is 18.2 Å². The van der Waals surface area contributed by atoms with E-state index in [4.69, 9.17) is 4.74 Å². The summed E-state index contributed by atoms with van der Waals surface area (Å²) in [6.07, 6.45) is 3.14. The summed E-state index contributed by atoms with van der Waals surface area (Å²) in [7, 11) is -3.26. The molecule has 2 heterocycles. The summed E-state index contributed by atoms with van der Waals surface area (Å²) in [6.45, 7) is 3.68. The van der Waals surface area contributed by atoms with Crippen LogP contribution in [0.1, 0.15) is 18.5 Å². The maximum absolute atomic E-state index is 12.5. The van der Waals surface area contributed by atoms with Gasteiger partial charge in [-0.05, 0) is 57.1 Å². The highest BCUT2D eigenvalue weighted by atomic mass is 32.2. The van der Waals surface area contributed by atoms with Gasteiger partial charge in [-0.3, -0.25) is 9.36 Å². The Kier molecular flexibility index (Phi) is 4.96. The van der Waals surface area contributed by atoms with E-state index in [2.05, 4.69) is 5.32 Å². The minimum Gasteiger partial charge on any atom is -0.490 e. The lowest BCUT2D eigenvalue weighted by molar-refractivity contribution is 0.162. The SMILES string of the molecule is Cc1cc(OC2CCNCC2)cc(=O)n1-c1ccc(S(C)(=O)=O)cc1. The van der Waals surface area contributed by atoms with E-state index < -0.39 is 9.84 Å². The average Bonchev–Trinajstić information content (AvgIpc) is 2.55. The third-order valence-electron chi connectivity index (χ3n) is 4.30. The standard InChI is InChI=1S/C18H22N2O4S/c1-13-11-16(24-15-7-9-19-10-8-15)12-18(21)20(13)14-3-5-17(6-4-14)25(2,22)23/h3-6,11-12,15,19H,7-10H2,1-2H3. The van der Waals surface area contributed by atoms with Crippen molar-refractivity contribution in [1.82, 2.24) is 9.88 Å². The van der Waals surface area contributed by atoms with Gasteiger partial charge in [-0.15, -0.1) is 0 Å². The number of sulfone groups is 1. The molecule has 3 rings (SSSR count). The summed E-state index contributed by atoms with van der Waals surface area (Å²) in [5.41, 5.74) is 1.17. The number of rotatable bonds is 4. The average molecular weight is 362 g/mol. The highest BCUT2D eigenvalue weighted by molar-refractivity contribution is 7.90. The fourth-order valence-electron chi connectivity index (χ4n) is 3.02. The summed E-state index contributed by atoms with van der Waals surface area (Å²) in [6, 6.07) is 9.62. The Morgan fingerprint density at radius 3 is 2.32 bits per heavy atom. The van der Waals surface area contributed by atoms with Crippen molar-refractivity contribution in [3.8, 4) is 11.4 Å². The fraction of sp³-hybridized carbons (Fsp3) is 0.389. The van der Waals surface area contributed by atoms with Gasteiger partial charge in [0.05, 0.1) is 4.90 Å². The monoisotopic (exact) mass is 362 g/mol. The summed E-state index contributed by atoms with van der Waals surface area (Å²) in [5.74, 6) is 0.582. The third kappa shape index (κ3) is 4.11. The molecule has 1 aliphatic heterocycles. The second kappa shape index (κ2) is 7.01. The number of aromatic nitrogens is 1. The molecule has 0 aliphatic carbocycles. The van der Waals surface area contributed by atoms with Crippen LogP contribution in [0.5, 0.6) is 5.75 Å². The summed E-state index contributed by atoms with van der Waals surface area (Å²) < 4.78 is 30.6. The number of nitrogens with zero attached hydrogens (tertiary/aromatic N) is 1. The maximum Gasteiger partial charge on any atom is 0.258 e. The number of benzene rings is 1. The molecule has 134 valence electrons. The molecule has 1 aromatic carbocycles. The quantitative estimate of drug-likeness (QED) is 0.895. The van der Waals surface area contributed by atoms with Crippen LogP contribution in [-0.4, -0.2) is 38.4 Å². The van der Waals surface area contributed by atoms with Crippen molar-refractivity contribution in [2.24, 2.45) is 0 Å². The molecule has 1 saturated heterocycles. The van der Waals surface area contributed by atoms with Crippen molar-refractivity contribution in [1.29, 1.82) is 0 Å². The van der Waals surface area contributed by atoms with Gasteiger partial charge in [-0.1, -0.05) is 0 Å². The lowest BCUT2D eigenvalue weighted by Crippen LogP contribution is -2.34. The van der Waals surface area contributed by atoms with E-state index in [1.807, 2.05) is 13.0 Å². The first-order valence-electron chi connectivity index (χ1n) is 8.26. The van der Waals surface area contributed by atoms with Gasteiger partial charge in [0.25, 0.3) is 5.56 Å². The number of nitrogens with one attached hydrogen (secondary N) is 1. The summed E-state index contributed by atoms with van der Waals surface area (Å²) in [5, 5.41) is 3.28. The van der Waals surface area contributed by atoms with Crippen LogP contribution >= 0.6 is 0 Å². The van der Waals surface area contributed by atoms with Crippen molar-refractivity contribution >= 4 is 9.84 Å². The van der Waals surface area contributed by atoms with Crippen molar-refractivity contribution in [2.45, 2.75) is 30.8 Å². The number of hydrogen-bond acceptors (Lipinski definition) is 5. The first-order chi connectivity index (χ1) is 11.8. The van der Waals surface area contributed by atoms with Crippen LogP contribution in [0.3, 0.4) is 0 Å². The predicted octanol–water partition coefficient (Wildman–Crippen LogP) is 1.68. The van der Waals surface area contributed by atoms with E-state index in [9.17, 15) is 13.2 Å². The Morgan fingerprint density at radius 2 is 1.76 bits per heavy atom. The minimum atomic E-state index is -3.26. The van der Waals surface area contributed by atoms with Gasteiger partial charge in [-0.2, -0.15) is 0 Å². The molecule has 1 aromatic heterocycles. The number of aryl methyl sites for hydroxylation is 1. The van der Waals surface area contributed by atoms with E-state index >= 15 is 0 Å². The molecule has 0 amide bonds. The minimum absolute atomic E-state index is 0.130. The zero-order valence-electron chi connectivity index (χ0n) is 14.4. The first-order valence-corrected chi connectivity index (χ1v) is 10.2. The molecular formula is C18H22N2O4S. The largest absolute Gasteiger partial charge is 0.490 e. The maximum atomic E-state index is 12.5. The lowest BCUT2D eigenvalue weighted by Gasteiger charge is -2.24. The highest BCUT2D eigenvalue weighted by Crippen LogP contribution is 2.19. The van der Waals surface area contributed by atoms with Crippen LogP contribution in [0.4, 0.5) is 0 Å². The van der Waals surface area contributed by atoms with Crippen molar-refractivity contribution in [3.63, 3.8) is 0 Å². The molecule has 0 unspecified atom stereocenters. The molecule has 1 N–H and O–H groups in total. The van der Waals surface area contributed by atoms with Gasteiger partial charge in [0.15, 0.2) is 9.84 Å². The second-order valence-corrected chi connectivity index (χ2v) is 8.36. The summed E-state index contributed by atoms with van der Waals surface area (Å²) >= 11 is 0. The van der Waals surface area contributed by atoms with E-state index in [-0.39, 0.29) is 16.6 Å². The van der Waals surface area contributed by atoms with E-state index in [0.29, 0.717) is 11.4 Å². The zero-order chi connectivity index (χ0) is 18.0. The van der Waals surface area contributed by atoms with Crippen molar-refractivity contribution < 1.29 is 13.2 Å². The molecule has 0 radical (unpaired) electrons. The molecule has 6 nitrogen and oxygen atoms in total. The number of pyridine rings is 1. The van der Waals surface area contributed by atoms with Gasteiger partial charge < -0.3 is 10.1 Å². The third-order valence-corrected chi connectivity index (χ3v) is 5.43. The molecule has 2 aromatic rings. The van der Waals surface area contributed by atoms with Gasteiger partial charge in [-0.25, -0.2) is 8.42 Å². The first kappa shape index (κ1) is 17.7. The molecule has 0 bridgehead atoms. The molecule has 7 heteroatoms. The molecule has 1 aliphatic rings. The van der Waals surface area contributed by atoms with Crippen molar-refractivity contribution in [2.75, 3.05) is 19.3 Å². The number of piperidine rings is 1. The topological polar surface area (TPSA) is 77.4 Å². The highest BCUT2D eigenvalue weighted by Gasteiger charge is 2.16. The summed E-state index contributed by atoms with van der Waals surface area (Å²) in [4.78, 5) is 12.8. The Labute approximate surface area is 147 Å². The molecular weight excluding hydrogens is 340 g/mol. The van der Waals surface area contributed by atoms with Gasteiger partial charge >= 0.3 is 0 Å². The van der Waals surface area contributed by atoms with Crippen molar-refractivity contribution in [3.05, 3.63) is 52.4 Å². The Balaban J connectivity index is 1.88. The van der Waals surface area contributed by atoms with Gasteiger partial charge in [0, 0.05) is 29.8 Å². The Hall–Kier alpha value is -2.12. The molecule has 25 heavy (non-hydrogen) atoms. The lowest BCUT2D eigenvalue weighted by atomic mass is 10.1. The molecule has 0 saturated carbocycles. The van der Waals surface area contributed by atoms with Crippen LogP contribution in [0, 0.1) is 6.92 Å². The molecule has 1 fully saturated rings. The Morgan fingerprint density at radius 1 is 1.12 bits per heavy atom. The Bertz CT molecular complexity index is 911. The van der Waals surface area contributed by atoms with Crippen LogP contribution in [-0.2, 0) is 9.84 Å². The smallest absolute Gasteiger partial charge is 0.258 e. The fourth-order valence-corrected chi connectivity index (χ4v) is 3.65. The number of hydrogen-bond donors (Lipinski definition) is 1. The normalized spacial score (nSPS) is 15.9. The van der Waals surface area contributed by atoms with Gasteiger partial charge in [0.1, 0.15) is 11.9 Å². The van der Waals surface area contributed by atoms with Crippen LogP contribution < -0.4 is 15.6 Å². The molecule has 0 spiro atoms. The molecule has 0 atom stereocenters. The predicted molar refractivity (Wildman–Crippen MR) is 96.4 cm³/mol. The van der Waals surface area contributed by atoms with E-state index in [0.717, 1.165) is 37.9 Å². The van der Waals surface area contributed by atoms with E-state index in [1.54, 1.807) is 16.7 Å². The van der Waals surface area contributed by atoms with Crippen LogP contribution in [0.2, 0.25) is 0 Å². The number of ether oxygens (including phenoxy) is 1. The van der Waals surface area contributed by atoms with Crippen LogP contribution in [0.25, 0.3) is 5.69 Å².